The first-order chi connectivity index (χ1) is 11.5. The van der Waals surface area contributed by atoms with E-state index in [9.17, 15) is 14.4 Å². The topological polar surface area (TPSA) is 81.8 Å². The maximum absolute atomic E-state index is 12.2. The quantitative estimate of drug-likeness (QED) is 0.727. The van der Waals surface area contributed by atoms with Crippen molar-refractivity contribution in [3.8, 4) is 0 Å². The molecule has 7 nitrogen and oxygen atoms in total. The lowest BCUT2D eigenvalue weighted by atomic mass is 10.1. The predicted molar refractivity (Wildman–Crippen MR) is 92.0 cm³/mol. The number of carbonyl (C=O) groups excluding carboxylic acids is 3. The zero-order valence-electron chi connectivity index (χ0n) is 14.2. The number of nitrogens with one attached hydrogen (secondary N) is 2. The van der Waals surface area contributed by atoms with Crippen molar-refractivity contribution in [3.05, 3.63) is 29.8 Å². The van der Waals surface area contributed by atoms with Gasteiger partial charge in [0.2, 0.25) is 11.8 Å². The van der Waals surface area contributed by atoms with E-state index < -0.39 is 0 Å². The molecule has 1 aliphatic rings. The van der Waals surface area contributed by atoms with Gasteiger partial charge in [0, 0.05) is 37.4 Å². The first kappa shape index (κ1) is 18.1. The van der Waals surface area contributed by atoms with Crippen molar-refractivity contribution in [1.29, 1.82) is 0 Å². The van der Waals surface area contributed by atoms with Crippen molar-refractivity contribution < 1.29 is 14.4 Å². The van der Waals surface area contributed by atoms with E-state index in [0.29, 0.717) is 24.3 Å². The standard InChI is InChI=1S/C17H24N4O3/c1-13(22)14-4-3-5-15(10-14)19-16(23)11-20(2)12-17(24)21-8-6-18-7-9-21/h3-5,10,18H,6-9,11-12H2,1-2H3,(H,19,23). The van der Waals surface area contributed by atoms with Crippen molar-refractivity contribution >= 4 is 23.3 Å². The summed E-state index contributed by atoms with van der Waals surface area (Å²) in [5.41, 5.74) is 1.13. The highest BCUT2D eigenvalue weighted by Crippen LogP contribution is 2.11. The molecule has 1 fully saturated rings. The second kappa shape index (κ2) is 8.56. The van der Waals surface area contributed by atoms with Crippen LogP contribution >= 0.6 is 0 Å². The lowest BCUT2D eigenvalue weighted by Crippen LogP contribution is -2.49. The van der Waals surface area contributed by atoms with Crippen LogP contribution < -0.4 is 10.6 Å². The largest absolute Gasteiger partial charge is 0.339 e. The Morgan fingerprint density at radius 2 is 1.92 bits per heavy atom. The van der Waals surface area contributed by atoms with Gasteiger partial charge in [-0.25, -0.2) is 0 Å². The van der Waals surface area contributed by atoms with Crippen LogP contribution in [0, 0.1) is 0 Å². The fourth-order valence-electron chi connectivity index (χ4n) is 2.56. The number of hydrogen-bond donors (Lipinski definition) is 2. The maximum atomic E-state index is 12.2. The zero-order chi connectivity index (χ0) is 17.5. The summed E-state index contributed by atoms with van der Waals surface area (Å²) in [5, 5.41) is 5.95. The molecule has 0 atom stereocenters. The molecule has 7 heteroatoms. The number of anilines is 1. The van der Waals surface area contributed by atoms with Crippen LogP contribution in [-0.2, 0) is 9.59 Å². The number of piperazine rings is 1. The Kier molecular flexibility index (Phi) is 6.45. The summed E-state index contributed by atoms with van der Waals surface area (Å²) < 4.78 is 0. The second-order valence-corrected chi connectivity index (χ2v) is 5.99. The number of rotatable bonds is 6. The Hall–Kier alpha value is -2.25. The molecule has 2 rings (SSSR count). The van der Waals surface area contributed by atoms with Crippen LogP contribution in [0.1, 0.15) is 17.3 Å². The van der Waals surface area contributed by atoms with Gasteiger partial charge in [-0.05, 0) is 26.1 Å². The van der Waals surface area contributed by atoms with E-state index in [0.717, 1.165) is 13.1 Å². The van der Waals surface area contributed by atoms with Gasteiger partial charge in [0.15, 0.2) is 5.78 Å². The molecule has 0 spiro atoms. The van der Waals surface area contributed by atoms with Crippen LogP contribution in [-0.4, -0.2) is 73.7 Å². The molecule has 0 radical (unpaired) electrons. The molecule has 0 saturated carbocycles. The molecule has 0 aromatic heterocycles. The van der Waals surface area contributed by atoms with Gasteiger partial charge in [-0.15, -0.1) is 0 Å². The van der Waals surface area contributed by atoms with Crippen LogP contribution in [0.5, 0.6) is 0 Å². The molecule has 0 aliphatic carbocycles. The highest BCUT2D eigenvalue weighted by atomic mass is 16.2. The Morgan fingerprint density at radius 1 is 1.21 bits per heavy atom. The summed E-state index contributed by atoms with van der Waals surface area (Å²) >= 11 is 0. The fraction of sp³-hybridized carbons (Fsp3) is 0.471. The van der Waals surface area contributed by atoms with Gasteiger partial charge >= 0.3 is 0 Å². The van der Waals surface area contributed by atoms with Gasteiger partial charge in [0.1, 0.15) is 0 Å². The molecular formula is C17H24N4O3. The predicted octanol–water partition coefficient (Wildman–Crippen LogP) is 0.191. The molecule has 1 aliphatic heterocycles. The van der Waals surface area contributed by atoms with E-state index >= 15 is 0 Å². The highest BCUT2D eigenvalue weighted by Gasteiger charge is 2.18. The van der Waals surface area contributed by atoms with E-state index in [1.807, 2.05) is 0 Å². The van der Waals surface area contributed by atoms with Crippen molar-refractivity contribution in [3.63, 3.8) is 0 Å². The fourth-order valence-corrected chi connectivity index (χ4v) is 2.56. The summed E-state index contributed by atoms with van der Waals surface area (Å²) in [4.78, 5) is 39.1. The molecule has 0 bridgehead atoms. The number of carbonyl (C=O) groups is 3. The van der Waals surface area contributed by atoms with Crippen LogP contribution in [0.4, 0.5) is 5.69 Å². The highest BCUT2D eigenvalue weighted by molar-refractivity contribution is 5.97. The number of ketones is 1. The van der Waals surface area contributed by atoms with Gasteiger partial charge in [-0.2, -0.15) is 0 Å². The molecule has 1 saturated heterocycles. The molecular weight excluding hydrogens is 308 g/mol. The van der Waals surface area contributed by atoms with Gasteiger partial charge in [-0.3, -0.25) is 19.3 Å². The van der Waals surface area contributed by atoms with Gasteiger partial charge in [0.25, 0.3) is 0 Å². The van der Waals surface area contributed by atoms with E-state index in [-0.39, 0.29) is 30.7 Å². The maximum Gasteiger partial charge on any atom is 0.238 e. The number of benzene rings is 1. The smallest absolute Gasteiger partial charge is 0.238 e. The minimum Gasteiger partial charge on any atom is -0.339 e. The van der Waals surface area contributed by atoms with Crippen molar-refractivity contribution in [2.24, 2.45) is 0 Å². The van der Waals surface area contributed by atoms with Crippen LogP contribution in [0.25, 0.3) is 0 Å². The lowest BCUT2D eigenvalue weighted by Gasteiger charge is -2.29. The van der Waals surface area contributed by atoms with Crippen LogP contribution in [0.3, 0.4) is 0 Å². The molecule has 0 unspecified atom stereocenters. The third-order valence-corrected chi connectivity index (χ3v) is 3.84. The van der Waals surface area contributed by atoms with Gasteiger partial charge in [-0.1, -0.05) is 12.1 Å². The Morgan fingerprint density at radius 3 is 2.58 bits per heavy atom. The van der Waals surface area contributed by atoms with Crippen LogP contribution in [0.2, 0.25) is 0 Å². The third-order valence-electron chi connectivity index (χ3n) is 3.84. The number of hydrogen-bond acceptors (Lipinski definition) is 5. The average Bonchev–Trinajstić information content (AvgIpc) is 2.55. The lowest BCUT2D eigenvalue weighted by molar-refractivity contribution is -0.133. The number of nitrogens with zero attached hydrogens (tertiary/aromatic N) is 2. The summed E-state index contributed by atoms with van der Waals surface area (Å²) in [6.07, 6.45) is 0. The third kappa shape index (κ3) is 5.43. The van der Waals surface area contributed by atoms with E-state index in [1.165, 1.54) is 6.92 Å². The number of Topliss-reactive ketones (excluding diaryl/α,β-unsaturated/α-hetero) is 1. The molecule has 2 amide bonds. The first-order valence-corrected chi connectivity index (χ1v) is 8.03. The van der Waals surface area contributed by atoms with E-state index in [2.05, 4.69) is 10.6 Å². The zero-order valence-corrected chi connectivity index (χ0v) is 14.2. The van der Waals surface area contributed by atoms with Crippen LogP contribution in [0.15, 0.2) is 24.3 Å². The number of amides is 2. The summed E-state index contributed by atoms with van der Waals surface area (Å²) in [7, 11) is 1.74. The number of likely N-dealkylation sites (N-methyl/N-ethyl adjacent to an activating group) is 1. The Balaban J connectivity index is 1.81. The minimum atomic E-state index is -0.216. The normalized spacial score (nSPS) is 14.5. The Labute approximate surface area is 142 Å². The first-order valence-electron chi connectivity index (χ1n) is 8.03. The van der Waals surface area contributed by atoms with E-state index in [4.69, 9.17) is 0 Å². The molecule has 1 aromatic carbocycles. The van der Waals surface area contributed by atoms with Crippen molar-refractivity contribution in [1.82, 2.24) is 15.1 Å². The van der Waals surface area contributed by atoms with Gasteiger partial charge < -0.3 is 15.5 Å². The van der Waals surface area contributed by atoms with Gasteiger partial charge in [0.05, 0.1) is 13.1 Å². The average molecular weight is 332 g/mol. The van der Waals surface area contributed by atoms with E-state index in [1.54, 1.807) is 41.1 Å². The van der Waals surface area contributed by atoms with Crippen molar-refractivity contribution in [2.45, 2.75) is 6.92 Å². The minimum absolute atomic E-state index is 0.0328. The SMILES string of the molecule is CC(=O)c1cccc(NC(=O)CN(C)CC(=O)N2CCNCC2)c1. The monoisotopic (exact) mass is 332 g/mol. The molecule has 2 N–H and O–H groups in total. The molecule has 1 aromatic rings. The summed E-state index contributed by atoms with van der Waals surface area (Å²) in [6, 6.07) is 6.81. The second-order valence-electron chi connectivity index (χ2n) is 5.99. The summed E-state index contributed by atoms with van der Waals surface area (Å²) in [6.45, 7) is 4.83. The van der Waals surface area contributed by atoms with Crippen molar-refractivity contribution in [2.75, 3.05) is 51.6 Å². The molecule has 24 heavy (non-hydrogen) atoms. The Bertz CT molecular complexity index is 612. The summed E-state index contributed by atoms with van der Waals surface area (Å²) in [5.74, 6) is -0.235. The molecule has 1 heterocycles. The molecule has 130 valence electrons.